The zero-order valence-corrected chi connectivity index (χ0v) is 29.1. The third kappa shape index (κ3) is 9.46. The van der Waals surface area contributed by atoms with Crippen molar-refractivity contribution in [2.45, 2.75) is 49.1 Å². The Morgan fingerprint density at radius 3 is 2.35 bits per heavy atom. The van der Waals surface area contributed by atoms with Gasteiger partial charge in [-0.05, 0) is 103 Å². The van der Waals surface area contributed by atoms with E-state index < -0.39 is 17.6 Å². The lowest BCUT2D eigenvalue weighted by molar-refractivity contribution is -0.137. The number of aromatic nitrogens is 1. The van der Waals surface area contributed by atoms with Crippen molar-refractivity contribution in [3.63, 3.8) is 0 Å². The highest BCUT2D eigenvalue weighted by Crippen LogP contribution is 2.34. The lowest BCUT2D eigenvalue weighted by Crippen LogP contribution is -2.29. The molecule has 266 valence electrons. The second kappa shape index (κ2) is 16.7. The number of benzene rings is 4. The van der Waals surface area contributed by atoms with Gasteiger partial charge < -0.3 is 20.3 Å². The normalized spacial score (nSPS) is 13.0. The number of thioether (sulfide) groups is 1. The molecule has 0 aliphatic carbocycles. The number of hydrogen-bond donors (Lipinski definition) is 2. The van der Waals surface area contributed by atoms with Crippen LogP contribution in [0.15, 0.2) is 114 Å². The van der Waals surface area contributed by atoms with Crippen molar-refractivity contribution in [2.75, 3.05) is 23.3 Å². The molecule has 0 unspecified atom stereocenters. The van der Waals surface area contributed by atoms with Gasteiger partial charge in [0.05, 0.1) is 16.9 Å². The summed E-state index contributed by atoms with van der Waals surface area (Å²) >= 11 is 1.62. The first kappa shape index (κ1) is 36.4. The summed E-state index contributed by atoms with van der Waals surface area (Å²) in [6, 6.07) is 29.1. The summed E-state index contributed by atoms with van der Waals surface area (Å²) in [5.74, 6) is -0.140. The molecule has 11 heteroatoms. The number of alkyl halides is 3. The van der Waals surface area contributed by atoms with E-state index in [-0.39, 0.29) is 18.0 Å². The van der Waals surface area contributed by atoms with Crippen molar-refractivity contribution < 1.29 is 27.6 Å². The average molecular weight is 723 g/mol. The Morgan fingerprint density at radius 2 is 1.54 bits per heavy atom. The van der Waals surface area contributed by atoms with Crippen LogP contribution >= 0.6 is 11.8 Å². The molecule has 0 atom stereocenters. The highest BCUT2D eigenvalue weighted by molar-refractivity contribution is 7.98. The Bertz CT molecular complexity index is 2060. The van der Waals surface area contributed by atoms with Crippen molar-refractivity contribution in [2.24, 2.45) is 0 Å². The third-order valence-electron chi connectivity index (χ3n) is 8.79. The summed E-state index contributed by atoms with van der Waals surface area (Å²) in [5, 5.41) is 5.77. The van der Waals surface area contributed by atoms with Crippen LogP contribution in [0.2, 0.25) is 0 Å². The Hall–Kier alpha value is -5.42. The molecule has 0 radical (unpaired) electrons. The van der Waals surface area contributed by atoms with Gasteiger partial charge in [-0.25, -0.2) is 0 Å². The maximum atomic E-state index is 13.7. The van der Waals surface area contributed by atoms with Crippen molar-refractivity contribution in [3.05, 3.63) is 143 Å². The Balaban J connectivity index is 1.21. The Labute approximate surface area is 304 Å². The number of piperidine rings is 1. The first-order valence-electron chi connectivity index (χ1n) is 17.0. The first-order chi connectivity index (χ1) is 25.2. The van der Waals surface area contributed by atoms with Crippen LogP contribution in [0.1, 0.15) is 62.2 Å². The largest absolute Gasteiger partial charge is 0.416 e. The summed E-state index contributed by atoms with van der Waals surface area (Å²) in [7, 11) is 0. The molecule has 52 heavy (non-hydrogen) atoms. The van der Waals surface area contributed by atoms with Crippen LogP contribution in [0, 0.1) is 0 Å². The minimum atomic E-state index is -4.48. The topological polar surface area (TPSA) is 91.4 Å². The fraction of sp³-hybridized carbons (Fsp3) is 0.220. The summed E-state index contributed by atoms with van der Waals surface area (Å²) in [6.07, 6.45) is 1.59. The number of pyridine rings is 1. The van der Waals surface area contributed by atoms with E-state index in [0.717, 1.165) is 66.1 Å². The number of aldehydes is 1. The zero-order valence-electron chi connectivity index (χ0n) is 28.3. The molecule has 4 aromatic carbocycles. The van der Waals surface area contributed by atoms with E-state index in [1.807, 2.05) is 60.7 Å². The molecule has 6 rings (SSSR count). The summed E-state index contributed by atoms with van der Waals surface area (Å²) < 4.78 is 39.6. The van der Waals surface area contributed by atoms with Gasteiger partial charge in [-0.15, -0.1) is 11.8 Å². The number of nitrogens with one attached hydrogen (secondary N) is 2. The zero-order chi connectivity index (χ0) is 36.5. The van der Waals surface area contributed by atoms with Crippen LogP contribution < -0.4 is 15.5 Å². The van der Waals surface area contributed by atoms with E-state index in [1.165, 1.54) is 24.8 Å². The molecule has 2 heterocycles. The summed E-state index contributed by atoms with van der Waals surface area (Å²) in [5.41, 5.74) is 4.80. The van der Waals surface area contributed by atoms with Crippen molar-refractivity contribution in [1.82, 2.24) is 10.3 Å². The molecule has 5 aromatic rings. The van der Waals surface area contributed by atoms with Crippen molar-refractivity contribution in [3.8, 4) is 11.3 Å². The minimum absolute atomic E-state index is 0.0870. The molecular formula is C41H37F3N4O3S. The molecule has 1 aliphatic heterocycles. The fourth-order valence-corrected chi connectivity index (χ4v) is 7.01. The van der Waals surface area contributed by atoms with E-state index in [4.69, 9.17) is 0 Å². The predicted molar refractivity (Wildman–Crippen MR) is 199 cm³/mol. The highest BCUT2D eigenvalue weighted by Gasteiger charge is 2.30. The van der Waals surface area contributed by atoms with Gasteiger partial charge in [0.25, 0.3) is 11.8 Å². The fourth-order valence-electron chi connectivity index (χ4n) is 6.09. The molecular weight excluding hydrogens is 686 g/mol. The number of hydrogen-bond acceptors (Lipinski definition) is 6. The van der Waals surface area contributed by atoms with E-state index in [9.17, 15) is 27.6 Å². The van der Waals surface area contributed by atoms with Crippen LogP contribution in [0.25, 0.3) is 11.3 Å². The standard InChI is InChI=1S/C41H37F3N4O3S/c42-41(43,44)33-11-5-8-29(22-33)26-46-39(50)32-15-17-45-38(24-32)36-25-34(48-18-2-1-3-19-48)13-14-37(36)47-40(51)31-10-4-9-30(21-31)27-52-35-12-6-7-28(23-35)16-20-49/h4-15,17,20-25H,1-3,16,18-19,26-27H2,(H,46,50)(H,47,51). The second-order valence-electron chi connectivity index (χ2n) is 12.5. The number of carbonyl (C=O) groups is 3. The van der Waals surface area contributed by atoms with Crippen molar-refractivity contribution in [1.29, 1.82) is 0 Å². The highest BCUT2D eigenvalue weighted by atomic mass is 32.2. The molecule has 0 bridgehead atoms. The lowest BCUT2D eigenvalue weighted by Gasteiger charge is -2.29. The maximum Gasteiger partial charge on any atom is 0.416 e. The molecule has 0 spiro atoms. The van der Waals surface area contributed by atoms with E-state index in [1.54, 1.807) is 30.0 Å². The molecule has 7 nitrogen and oxygen atoms in total. The molecule has 0 saturated carbocycles. The second-order valence-corrected chi connectivity index (χ2v) is 13.6. The summed E-state index contributed by atoms with van der Waals surface area (Å²) in [4.78, 5) is 45.7. The first-order valence-corrected chi connectivity index (χ1v) is 18.0. The van der Waals surface area contributed by atoms with Gasteiger partial charge in [0, 0.05) is 65.3 Å². The molecule has 1 aliphatic rings. The van der Waals surface area contributed by atoms with Crippen LogP contribution in [0.3, 0.4) is 0 Å². The van der Waals surface area contributed by atoms with E-state index in [2.05, 4.69) is 20.5 Å². The quantitative estimate of drug-likeness (QED) is 0.0988. The Kier molecular flexibility index (Phi) is 11.7. The van der Waals surface area contributed by atoms with E-state index in [0.29, 0.717) is 40.2 Å². The number of rotatable bonds is 12. The third-order valence-corrected chi connectivity index (χ3v) is 9.86. The van der Waals surface area contributed by atoms with Crippen LogP contribution in [-0.2, 0) is 29.7 Å². The van der Waals surface area contributed by atoms with Gasteiger partial charge >= 0.3 is 6.18 Å². The predicted octanol–water partition coefficient (Wildman–Crippen LogP) is 8.97. The van der Waals surface area contributed by atoms with Gasteiger partial charge in [-0.1, -0.05) is 36.4 Å². The molecule has 1 fully saturated rings. The number of halogens is 3. The lowest BCUT2D eigenvalue weighted by atomic mass is 10.0. The van der Waals surface area contributed by atoms with Gasteiger partial charge in [-0.3, -0.25) is 14.6 Å². The van der Waals surface area contributed by atoms with Crippen LogP contribution in [-0.4, -0.2) is 36.2 Å². The van der Waals surface area contributed by atoms with Gasteiger partial charge in [-0.2, -0.15) is 13.2 Å². The van der Waals surface area contributed by atoms with Crippen LogP contribution in [0.5, 0.6) is 0 Å². The minimum Gasteiger partial charge on any atom is -0.372 e. The summed E-state index contributed by atoms with van der Waals surface area (Å²) in [6.45, 7) is 1.72. The average Bonchev–Trinajstić information content (AvgIpc) is 3.17. The molecule has 1 saturated heterocycles. The monoisotopic (exact) mass is 722 g/mol. The molecule has 2 N–H and O–H groups in total. The SMILES string of the molecule is O=CCc1cccc(SCc2cccc(C(=O)Nc3ccc(N4CCCCC4)cc3-c3cc(C(=O)NCc4cccc(C(F)(F)F)c4)ccn3)c2)c1. The van der Waals surface area contributed by atoms with Gasteiger partial charge in [0.15, 0.2) is 0 Å². The van der Waals surface area contributed by atoms with Crippen molar-refractivity contribution >= 4 is 41.2 Å². The number of amides is 2. The Morgan fingerprint density at radius 1 is 0.788 bits per heavy atom. The van der Waals surface area contributed by atoms with Gasteiger partial charge in [0.1, 0.15) is 6.29 Å². The maximum absolute atomic E-state index is 13.7. The number of anilines is 2. The molecule has 1 aromatic heterocycles. The van der Waals surface area contributed by atoms with Crippen LogP contribution in [0.4, 0.5) is 24.5 Å². The number of carbonyl (C=O) groups excluding carboxylic acids is 3. The van der Waals surface area contributed by atoms with Gasteiger partial charge in [0.2, 0.25) is 0 Å². The molecule has 2 amide bonds. The number of nitrogens with zero attached hydrogens (tertiary/aromatic N) is 2. The smallest absolute Gasteiger partial charge is 0.372 e. The van der Waals surface area contributed by atoms with E-state index >= 15 is 0 Å².